The van der Waals surface area contributed by atoms with E-state index in [0.717, 1.165) is 43.4 Å². The number of carbonyl (C=O) groups excluding carboxylic acids is 1. The molecule has 1 saturated carbocycles. The van der Waals surface area contributed by atoms with E-state index >= 15 is 0 Å². The minimum atomic E-state index is -3.59. The van der Waals surface area contributed by atoms with E-state index in [9.17, 15) is 13.2 Å². The van der Waals surface area contributed by atoms with E-state index in [-0.39, 0.29) is 17.6 Å². The highest BCUT2D eigenvalue weighted by Gasteiger charge is 2.32. The normalized spacial score (nSPS) is 17.0. The fourth-order valence-electron chi connectivity index (χ4n) is 4.12. The zero-order valence-electron chi connectivity index (χ0n) is 15.5. The second-order valence-corrected chi connectivity index (χ2v) is 9.65. The third kappa shape index (κ3) is 4.03. The van der Waals surface area contributed by atoms with Gasteiger partial charge in [-0.05, 0) is 54.7 Å². The average molecular weight is 419 g/mol. The molecule has 28 heavy (non-hydrogen) atoms. The Balaban J connectivity index is 1.49. The molecule has 1 aliphatic heterocycles. The number of nitrogens with one attached hydrogen (secondary N) is 1. The first-order valence-corrected chi connectivity index (χ1v) is 11.6. The highest BCUT2D eigenvalue weighted by Crippen LogP contribution is 2.35. The summed E-state index contributed by atoms with van der Waals surface area (Å²) in [6.45, 7) is 0.667. The Kier molecular flexibility index (Phi) is 5.34. The number of fused-ring (bicyclic) bond motifs is 1. The Hall–Kier alpha value is -2.05. The number of hydrogen-bond acceptors (Lipinski definition) is 3. The molecule has 1 heterocycles. The molecule has 0 bridgehead atoms. The summed E-state index contributed by atoms with van der Waals surface area (Å²) in [4.78, 5) is 14.6. The lowest BCUT2D eigenvalue weighted by atomic mass is 10.1. The Bertz CT molecular complexity index is 1000. The Morgan fingerprint density at radius 2 is 1.89 bits per heavy atom. The van der Waals surface area contributed by atoms with Crippen molar-refractivity contribution in [2.24, 2.45) is 5.92 Å². The second-order valence-electron chi connectivity index (χ2n) is 7.52. The average Bonchev–Trinajstić information content (AvgIpc) is 3.32. The maximum Gasteiger partial charge on any atom is 0.236 e. The molecule has 2 aromatic carbocycles. The van der Waals surface area contributed by atoms with Gasteiger partial charge in [0, 0.05) is 28.9 Å². The topological polar surface area (TPSA) is 66.5 Å². The van der Waals surface area contributed by atoms with Crippen LogP contribution in [0.4, 0.5) is 11.4 Å². The first-order chi connectivity index (χ1) is 13.4. The lowest BCUT2D eigenvalue weighted by Crippen LogP contribution is -2.33. The molecule has 5 nitrogen and oxygen atoms in total. The quantitative estimate of drug-likeness (QED) is 0.784. The van der Waals surface area contributed by atoms with Crippen LogP contribution in [0.2, 0.25) is 5.02 Å². The first kappa shape index (κ1) is 19.3. The van der Waals surface area contributed by atoms with Crippen LogP contribution in [-0.2, 0) is 27.0 Å². The Morgan fingerprint density at radius 3 is 2.64 bits per heavy atom. The van der Waals surface area contributed by atoms with Crippen molar-refractivity contribution in [2.75, 3.05) is 16.2 Å². The van der Waals surface area contributed by atoms with Gasteiger partial charge in [0.25, 0.3) is 0 Å². The molecule has 7 heteroatoms. The van der Waals surface area contributed by atoms with Crippen LogP contribution in [0.5, 0.6) is 0 Å². The van der Waals surface area contributed by atoms with Crippen molar-refractivity contribution in [3.63, 3.8) is 0 Å². The SMILES string of the molecule is O=C(C1CCCC1)N1CCc2cc(NS(=O)(=O)Cc3ccccc3Cl)ccc21. The van der Waals surface area contributed by atoms with E-state index < -0.39 is 10.0 Å². The first-order valence-electron chi connectivity index (χ1n) is 9.61. The van der Waals surface area contributed by atoms with Crippen LogP contribution in [0, 0.1) is 5.92 Å². The molecule has 1 N–H and O–H groups in total. The minimum Gasteiger partial charge on any atom is -0.312 e. The Labute approximate surface area is 170 Å². The molecule has 0 atom stereocenters. The van der Waals surface area contributed by atoms with Gasteiger partial charge in [0.05, 0.1) is 5.75 Å². The number of benzene rings is 2. The molecule has 4 rings (SSSR count). The molecular formula is C21H23ClN2O3S. The van der Waals surface area contributed by atoms with E-state index in [4.69, 9.17) is 11.6 Å². The largest absolute Gasteiger partial charge is 0.312 e. The molecular weight excluding hydrogens is 396 g/mol. The van der Waals surface area contributed by atoms with Gasteiger partial charge in [-0.15, -0.1) is 0 Å². The highest BCUT2D eigenvalue weighted by atomic mass is 35.5. The van der Waals surface area contributed by atoms with E-state index in [2.05, 4.69) is 4.72 Å². The summed E-state index contributed by atoms with van der Waals surface area (Å²) < 4.78 is 27.7. The van der Waals surface area contributed by atoms with Gasteiger partial charge < -0.3 is 4.90 Å². The van der Waals surface area contributed by atoms with Crippen LogP contribution >= 0.6 is 11.6 Å². The van der Waals surface area contributed by atoms with Crippen molar-refractivity contribution in [2.45, 2.75) is 37.9 Å². The molecule has 1 amide bonds. The molecule has 0 spiro atoms. The zero-order valence-corrected chi connectivity index (χ0v) is 17.1. The molecule has 2 aromatic rings. The van der Waals surface area contributed by atoms with Gasteiger partial charge in [0.1, 0.15) is 0 Å². The van der Waals surface area contributed by atoms with Gasteiger partial charge in [-0.3, -0.25) is 9.52 Å². The van der Waals surface area contributed by atoms with Gasteiger partial charge >= 0.3 is 0 Å². The summed E-state index contributed by atoms with van der Waals surface area (Å²) in [6.07, 6.45) is 4.95. The summed E-state index contributed by atoms with van der Waals surface area (Å²) >= 11 is 6.08. The Morgan fingerprint density at radius 1 is 1.14 bits per heavy atom. The monoisotopic (exact) mass is 418 g/mol. The van der Waals surface area contributed by atoms with Crippen molar-refractivity contribution >= 4 is 38.9 Å². The van der Waals surface area contributed by atoms with Gasteiger partial charge in [-0.1, -0.05) is 42.6 Å². The molecule has 148 valence electrons. The van der Waals surface area contributed by atoms with Crippen molar-refractivity contribution in [3.05, 3.63) is 58.6 Å². The third-order valence-electron chi connectivity index (χ3n) is 5.52. The van der Waals surface area contributed by atoms with E-state index in [0.29, 0.717) is 22.8 Å². The predicted molar refractivity (Wildman–Crippen MR) is 112 cm³/mol. The zero-order chi connectivity index (χ0) is 19.7. The van der Waals surface area contributed by atoms with Gasteiger partial charge in [-0.2, -0.15) is 0 Å². The number of hydrogen-bond donors (Lipinski definition) is 1. The fraction of sp³-hybridized carbons (Fsp3) is 0.381. The van der Waals surface area contributed by atoms with Crippen molar-refractivity contribution in [1.82, 2.24) is 0 Å². The number of nitrogens with zero attached hydrogens (tertiary/aromatic N) is 1. The van der Waals surface area contributed by atoms with Crippen LogP contribution in [0.25, 0.3) is 0 Å². The fourth-order valence-corrected chi connectivity index (χ4v) is 5.62. The van der Waals surface area contributed by atoms with E-state index in [1.165, 1.54) is 0 Å². The number of amides is 1. The van der Waals surface area contributed by atoms with Crippen molar-refractivity contribution in [1.29, 1.82) is 0 Å². The highest BCUT2D eigenvalue weighted by molar-refractivity contribution is 7.91. The number of anilines is 2. The second kappa shape index (κ2) is 7.76. The molecule has 1 aliphatic carbocycles. The van der Waals surface area contributed by atoms with Crippen LogP contribution in [0.15, 0.2) is 42.5 Å². The molecule has 2 aliphatic rings. The van der Waals surface area contributed by atoms with Crippen LogP contribution in [-0.4, -0.2) is 20.9 Å². The van der Waals surface area contributed by atoms with Gasteiger partial charge in [-0.25, -0.2) is 8.42 Å². The summed E-state index contributed by atoms with van der Waals surface area (Å²) in [5.74, 6) is 0.166. The lowest BCUT2D eigenvalue weighted by Gasteiger charge is -2.21. The standard InChI is InChI=1S/C21H23ClN2O3S/c22-19-8-4-3-7-17(19)14-28(26,27)23-18-9-10-20-16(13-18)11-12-24(20)21(25)15-5-1-2-6-15/h3-4,7-10,13,15,23H,1-2,5-6,11-12,14H2. The summed E-state index contributed by atoms with van der Waals surface area (Å²) in [5.41, 5.74) is 2.99. The van der Waals surface area contributed by atoms with Crippen molar-refractivity contribution < 1.29 is 13.2 Å². The number of halogens is 1. The van der Waals surface area contributed by atoms with Gasteiger partial charge in [0.2, 0.25) is 15.9 Å². The van der Waals surface area contributed by atoms with Crippen LogP contribution in [0.3, 0.4) is 0 Å². The van der Waals surface area contributed by atoms with Gasteiger partial charge in [0.15, 0.2) is 0 Å². The summed E-state index contributed by atoms with van der Waals surface area (Å²) in [6, 6.07) is 12.3. The maximum absolute atomic E-state index is 12.8. The minimum absolute atomic E-state index is 0.139. The van der Waals surface area contributed by atoms with Crippen molar-refractivity contribution in [3.8, 4) is 0 Å². The lowest BCUT2D eigenvalue weighted by molar-refractivity contribution is -0.122. The smallest absolute Gasteiger partial charge is 0.236 e. The van der Waals surface area contributed by atoms with Crippen LogP contribution < -0.4 is 9.62 Å². The summed E-state index contributed by atoms with van der Waals surface area (Å²) in [5, 5.41) is 0.433. The summed E-state index contributed by atoms with van der Waals surface area (Å²) in [7, 11) is -3.59. The van der Waals surface area contributed by atoms with Crippen LogP contribution in [0.1, 0.15) is 36.8 Å². The number of carbonyl (C=O) groups is 1. The maximum atomic E-state index is 12.8. The molecule has 0 saturated heterocycles. The van der Waals surface area contributed by atoms with E-state index in [1.54, 1.807) is 30.3 Å². The predicted octanol–water partition coefficient (Wildman–Crippen LogP) is 4.36. The molecule has 0 aromatic heterocycles. The molecule has 0 radical (unpaired) electrons. The molecule has 0 unspecified atom stereocenters. The van der Waals surface area contributed by atoms with E-state index in [1.807, 2.05) is 17.0 Å². The molecule has 1 fully saturated rings. The number of sulfonamides is 1. The third-order valence-corrected chi connectivity index (χ3v) is 7.13. The number of rotatable bonds is 5.